The van der Waals surface area contributed by atoms with Crippen LogP contribution in [0.2, 0.25) is 0 Å². The Hall–Kier alpha value is -3.36. The van der Waals surface area contributed by atoms with Gasteiger partial charge in [-0.15, -0.1) is 0 Å². The minimum Gasteiger partial charge on any atom is -0.497 e. The third kappa shape index (κ3) is 4.12. The van der Waals surface area contributed by atoms with Crippen LogP contribution in [0.15, 0.2) is 36.8 Å². The molecule has 162 valence electrons. The molecule has 1 aliphatic heterocycles. The molecule has 0 radical (unpaired) electrons. The lowest BCUT2D eigenvalue weighted by molar-refractivity contribution is -0.122. The van der Waals surface area contributed by atoms with Crippen molar-refractivity contribution in [3.63, 3.8) is 0 Å². The average molecular weight is 422 g/mol. The molecule has 0 spiro atoms. The first-order valence-corrected chi connectivity index (χ1v) is 10.8. The number of hydrogen-bond donors (Lipinski definition) is 1. The molecule has 2 aromatic heterocycles. The fourth-order valence-corrected chi connectivity index (χ4v) is 4.04. The molecule has 31 heavy (non-hydrogen) atoms. The van der Waals surface area contributed by atoms with Crippen LogP contribution in [0.25, 0.3) is 11.0 Å². The van der Waals surface area contributed by atoms with Crippen molar-refractivity contribution in [2.24, 2.45) is 5.92 Å². The Morgan fingerprint density at radius 3 is 2.55 bits per heavy atom. The molecule has 1 aromatic carbocycles. The van der Waals surface area contributed by atoms with Gasteiger partial charge in [0.25, 0.3) is 0 Å². The number of carbonyl (C=O) groups is 1. The highest BCUT2D eigenvalue weighted by atomic mass is 16.5. The van der Waals surface area contributed by atoms with Crippen LogP contribution in [0.4, 0.5) is 11.5 Å². The Balaban J connectivity index is 1.24. The number of fused-ring (bicyclic) bond motifs is 1. The van der Waals surface area contributed by atoms with Crippen LogP contribution in [-0.2, 0) is 11.3 Å². The van der Waals surface area contributed by atoms with Gasteiger partial charge < -0.3 is 19.9 Å². The Morgan fingerprint density at radius 2 is 1.84 bits per heavy atom. The number of aromatic nitrogens is 4. The molecule has 5 rings (SSSR count). The van der Waals surface area contributed by atoms with Crippen LogP contribution in [0.5, 0.6) is 5.75 Å². The third-order valence-corrected chi connectivity index (χ3v) is 6.00. The summed E-state index contributed by atoms with van der Waals surface area (Å²) in [5.41, 5.74) is 2.01. The van der Waals surface area contributed by atoms with Crippen molar-refractivity contribution in [1.82, 2.24) is 25.1 Å². The summed E-state index contributed by atoms with van der Waals surface area (Å²) >= 11 is 0. The molecule has 1 saturated carbocycles. The van der Waals surface area contributed by atoms with Crippen molar-refractivity contribution in [1.29, 1.82) is 0 Å². The predicted molar refractivity (Wildman–Crippen MR) is 118 cm³/mol. The Kier molecular flexibility index (Phi) is 5.31. The molecule has 9 heteroatoms. The van der Waals surface area contributed by atoms with Crippen LogP contribution in [0.1, 0.15) is 12.8 Å². The minimum absolute atomic E-state index is 0.154. The molecule has 0 bridgehead atoms. The number of benzene rings is 1. The Bertz CT molecular complexity index is 1050. The van der Waals surface area contributed by atoms with E-state index in [1.807, 2.05) is 23.0 Å². The first-order chi connectivity index (χ1) is 15.2. The SMILES string of the molecule is COc1ccc(N2CCN(c3ncnc4c3cnn4CCNC(=O)C3CC3)CC2)cc1. The van der Waals surface area contributed by atoms with Crippen molar-refractivity contribution in [3.05, 3.63) is 36.8 Å². The number of nitrogens with one attached hydrogen (secondary N) is 1. The van der Waals surface area contributed by atoms with Gasteiger partial charge >= 0.3 is 0 Å². The van der Waals surface area contributed by atoms with E-state index >= 15 is 0 Å². The van der Waals surface area contributed by atoms with Gasteiger partial charge in [0, 0.05) is 44.3 Å². The van der Waals surface area contributed by atoms with E-state index in [1.54, 1.807) is 13.4 Å². The summed E-state index contributed by atoms with van der Waals surface area (Å²) in [6.45, 7) is 4.75. The summed E-state index contributed by atoms with van der Waals surface area (Å²) in [5.74, 6) is 2.17. The van der Waals surface area contributed by atoms with Crippen LogP contribution >= 0.6 is 0 Å². The van der Waals surface area contributed by atoms with Crippen molar-refractivity contribution in [3.8, 4) is 5.75 Å². The van der Waals surface area contributed by atoms with E-state index in [0.717, 1.165) is 61.6 Å². The van der Waals surface area contributed by atoms with Crippen molar-refractivity contribution < 1.29 is 9.53 Å². The summed E-state index contributed by atoms with van der Waals surface area (Å²) in [7, 11) is 1.68. The summed E-state index contributed by atoms with van der Waals surface area (Å²) in [6.07, 6.45) is 5.47. The minimum atomic E-state index is 0.154. The fraction of sp³-hybridized carbons (Fsp3) is 0.455. The Morgan fingerprint density at radius 1 is 1.10 bits per heavy atom. The smallest absolute Gasteiger partial charge is 0.223 e. The lowest BCUT2D eigenvalue weighted by atomic mass is 10.2. The number of methoxy groups -OCH3 is 1. The van der Waals surface area contributed by atoms with E-state index in [9.17, 15) is 4.79 Å². The van der Waals surface area contributed by atoms with Gasteiger partial charge in [-0.25, -0.2) is 14.6 Å². The molecule has 3 heterocycles. The lowest BCUT2D eigenvalue weighted by Crippen LogP contribution is -2.46. The molecule has 1 saturated heterocycles. The number of anilines is 2. The molecule has 0 unspecified atom stereocenters. The van der Waals surface area contributed by atoms with E-state index < -0.39 is 0 Å². The number of amides is 1. The van der Waals surface area contributed by atoms with E-state index in [2.05, 4.69) is 42.3 Å². The molecular formula is C22H27N7O2. The van der Waals surface area contributed by atoms with Crippen molar-refractivity contribution in [2.75, 3.05) is 49.6 Å². The van der Waals surface area contributed by atoms with Gasteiger partial charge in [-0.3, -0.25) is 4.79 Å². The van der Waals surface area contributed by atoms with Gasteiger partial charge in [-0.05, 0) is 37.1 Å². The zero-order valence-corrected chi connectivity index (χ0v) is 17.7. The Labute approximate surface area is 181 Å². The van der Waals surface area contributed by atoms with Crippen LogP contribution in [-0.4, -0.2) is 65.5 Å². The normalized spacial score (nSPS) is 16.5. The van der Waals surface area contributed by atoms with E-state index in [1.165, 1.54) is 5.69 Å². The van der Waals surface area contributed by atoms with Crippen LogP contribution in [0.3, 0.4) is 0 Å². The van der Waals surface area contributed by atoms with Gasteiger partial charge in [0.15, 0.2) is 5.65 Å². The first kappa shape index (κ1) is 19.6. The number of rotatable bonds is 7. The molecule has 9 nitrogen and oxygen atoms in total. The highest BCUT2D eigenvalue weighted by molar-refractivity contribution is 5.87. The topological polar surface area (TPSA) is 88.4 Å². The number of piperazine rings is 1. The second kappa shape index (κ2) is 8.41. The van der Waals surface area contributed by atoms with Crippen LogP contribution < -0.4 is 19.9 Å². The zero-order valence-electron chi connectivity index (χ0n) is 17.7. The molecule has 0 atom stereocenters. The van der Waals surface area contributed by atoms with Gasteiger partial charge in [-0.2, -0.15) is 5.10 Å². The number of carbonyl (C=O) groups excluding carboxylic acids is 1. The number of ether oxygens (including phenoxy) is 1. The standard InChI is InChI=1S/C22H27N7O2/c1-31-18-6-4-17(5-7-18)27-10-12-28(13-11-27)20-19-14-26-29(21(19)25-15-24-20)9-8-23-22(30)16-2-3-16/h4-7,14-16H,2-3,8-13H2,1H3,(H,23,30). The molecule has 1 amide bonds. The molecule has 1 aliphatic carbocycles. The van der Waals surface area contributed by atoms with Crippen molar-refractivity contribution >= 4 is 28.4 Å². The van der Waals surface area contributed by atoms with E-state index in [-0.39, 0.29) is 11.8 Å². The number of hydrogen-bond acceptors (Lipinski definition) is 7. The zero-order chi connectivity index (χ0) is 21.2. The molecule has 1 N–H and O–H groups in total. The molecule has 3 aromatic rings. The molecular weight excluding hydrogens is 394 g/mol. The maximum absolute atomic E-state index is 11.8. The second-order valence-corrected chi connectivity index (χ2v) is 8.04. The average Bonchev–Trinajstić information content (AvgIpc) is 3.60. The van der Waals surface area contributed by atoms with Crippen molar-refractivity contribution in [2.45, 2.75) is 19.4 Å². The fourth-order valence-electron chi connectivity index (χ4n) is 4.04. The second-order valence-electron chi connectivity index (χ2n) is 8.04. The molecule has 2 aliphatic rings. The molecule has 2 fully saturated rings. The van der Waals surface area contributed by atoms with Crippen LogP contribution in [0, 0.1) is 5.92 Å². The maximum atomic E-state index is 11.8. The monoisotopic (exact) mass is 421 g/mol. The van der Waals surface area contributed by atoms with E-state index in [0.29, 0.717) is 13.1 Å². The highest BCUT2D eigenvalue weighted by Gasteiger charge is 2.29. The first-order valence-electron chi connectivity index (χ1n) is 10.8. The third-order valence-electron chi connectivity index (χ3n) is 6.00. The summed E-state index contributed by atoms with van der Waals surface area (Å²) in [4.78, 5) is 25.5. The van der Waals surface area contributed by atoms with E-state index in [4.69, 9.17) is 4.74 Å². The largest absolute Gasteiger partial charge is 0.497 e. The van der Waals surface area contributed by atoms with Gasteiger partial charge in [0.2, 0.25) is 5.91 Å². The maximum Gasteiger partial charge on any atom is 0.223 e. The quantitative estimate of drug-likeness (QED) is 0.621. The van der Waals surface area contributed by atoms with Gasteiger partial charge in [0.1, 0.15) is 17.9 Å². The summed E-state index contributed by atoms with van der Waals surface area (Å²) in [5, 5.41) is 8.44. The summed E-state index contributed by atoms with van der Waals surface area (Å²) in [6, 6.07) is 8.20. The lowest BCUT2D eigenvalue weighted by Gasteiger charge is -2.36. The van der Waals surface area contributed by atoms with Gasteiger partial charge in [0.05, 0.1) is 25.2 Å². The van der Waals surface area contributed by atoms with Gasteiger partial charge in [-0.1, -0.05) is 0 Å². The number of nitrogens with zero attached hydrogens (tertiary/aromatic N) is 6. The summed E-state index contributed by atoms with van der Waals surface area (Å²) < 4.78 is 7.10. The predicted octanol–water partition coefficient (Wildman–Crippen LogP) is 1.69. The highest BCUT2D eigenvalue weighted by Crippen LogP contribution is 2.29.